The van der Waals surface area contributed by atoms with Crippen molar-refractivity contribution in [3.05, 3.63) is 12.2 Å². The Morgan fingerprint density at radius 1 is 1.41 bits per heavy atom. The molecule has 92 valence electrons. The lowest BCUT2D eigenvalue weighted by Gasteiger charge is -2.28. The zero-order valence-corrected chi connectivity index (χ0v) is 9.85. The van der Waals surface area contributed by atoms with Gasteiger partial charge in [-0.05, 0) is 25.7 Å². The summed E-state index contributed by atoms with van der Waals surface area (Å²) in [4.78, 5) is 23.1. The van der Waals surface area contributed by atoms with Gasteiger partial charge in [0.05, 0.1) is 12.5 Å². The molecule has 0 aromatic rings. The Kier molecular flexibility index (Phi) is 2.28. The average molecular weight is 236 g/mol. The molecule has 4 heteroatoms. The number of hydrogen-bond donors (Lipinski definition) is 0. The Bertz CT molecular complexity index is 400. The van der Waals surface area contributed by atoms with E-state index in [4.69, 9.17) is 9.47 Å². The maximum atomic E-state index is 11.5. The lowest BCUT2D eigenvalue weighted by Crippen LogP contribution is -2.34. The van der Waals surface area contributed by atoms with Crippen molar-refractivity contribution in [1.82, 2.24) is 0 Å². The summed E-state index contributed by atoms with van der Waals surface area (Å²) in [5.74, 6) is 0.628. The van der Waals surface area contributed by atoms with Gasteiger partial charge < -0.3 is 9.47 Å². The van der Waals surface area contributed by atoms with Gasteiger partial charge in [0.1, 0.15) is 6.10 Å². The van der Waals surface area contributed by atoms with Gasteiger partial charge in [0.2, 0.25) is 0 Å². The van der Waals surface area contributed by atoms with Gasteiger partial charge in [-0.25, -0.2) is 4.79 Å². The van der Waals surface area contributed by atoms with Crippen molar-refractivity contribution in [3.63, 3.8) is 0 Å². The van der Waals surface area contributed by atoms with Crippen LogP contribution in [0.3, 0.4) is 0 Å². The highest BCUT2D eigenvalue weighted by molar-refractivity contribution is 5.87. The van der Waals surface area contributed by atoms with Crippen molar-refractivity contribution in [2.75, 3.05) is 6.61 Å². The van der Waals surface area contributed by atoms with Gasteiger partial charge >= 0.3 is 11.9 Å². The van der Waals surface area contributed by atoms with E-state index in [9.17, 15) is 9.59 Å². The second-order valence-electron chi connectivity index (χ2n) is 5.44. The molecule has 0 spiro atoms. The van der Waals surface area contributed by atoms with Crippen molar-refractivity contribution >= 4 is 11.9 Å². The fourth-order valence-electron chi connectivity index (χ4n) is 3.67. The SMILES string of the molecule is C=C(C)C(=O)OC1CC2C[C@H]1C1COC(=O)C21. The summed E-state index contributed by atoms with van der Waals surface area (Å²) in [7, 11) is 0. The molecule has 2 aliphatic carbocycles. The van der Waals surface area contributed by atoms with E-state index in [0.717, 1.165) is 12.8 Å². The number of carbonyl (C=O) groups excluding carboxylic acids is 2. The summed E-state index contributed by atoms with van der Waals surface area (Å²) in [6, 6.07) is 0. The molecule has 3 rings (SSSR count). The summed E-state index contributed by atoms with van der Waals surface area (Å²) in [5.41, 5.74) is 0.433. The van der Waals surface area contributed by atoms with E-state index in [0.29, 0.717) is 24.0 Å². The molecule has 1 saturated heterocycles. The van der Waals surface area contributed by atoms with E-state index in [1.165, 1.54) is 0 Å². The van der Waals surface area contributed by atoms with Gasteiger partial charge in [-0.1, -0.05) is 6.58 Å². The van der Waals surface area contributed by atoms with E-state index in [2.05, 4.69) is 6.58 Å². The lowest BCUT2D eigenvalue weighted by molar-refractivity contribution is -0.148. The van der Waals surface area contributed by atoms with Crippen LogP contribution in [0.1, 0.15) is 19.8 Å². The predicted octanol–water partition coefficient (Wildman–Crippen LogP) is 1.30. The fraction of sp³-hybridized carbons (Fsp3) is 0.692. The maximum absolute atomic E-state index is 11.5. The molecule has 5 atom stereocenters. The highest BCUT2D eigenvalue weighted by Crippen LogP contribution is 2.56. The normalized spacial score (nSPS) is 42.2. The molecular formula is C13H16O4. The third-order valence-electron chi connectivity index (χ3n) is 4.40. The summed E-state index contributed by atoms with van der Waals surface area (Å²) in [6.45, 7) is 5.74. The lowest BCUT2D eigenvalue weighted by atomic mass is 9.80. The monoisotopic (exact) mass is 236 g/mol. The fourth-order valence-corrected chi connectivity index (χ4v) is 3.67. The Morgan fingerprint density at radius 2 is 2.18 bits per heavy atom. The predicted molar refractivity (Wildman–Crippen MR) is 58.8 cm³/mol. The van der Waals surface area contributed by atoms with Crippen LogP contribution in [0.15, 0.2) is 12.2 Å². The van der Waals surface area contributed by atoms with Gasteiger partial charge in [0.25, 0.3) is 0 Å². The summed E-state index contributed by atoms with van der Waals surface area (Å²) in [6.07, 6.45) is 1.76. The van der Waals surface area contributed by atoms with Crippen LogP contribution in [0.4, 0.5) is 0 Å². The Morgan fingerprint density at radius 3 is 2.88 bits per heavy atom. The van der Waals surface area contributed by atoms with Crippen molar-refractivity contribution in [1.29, 1.82) is 0 Å². The van der Waals surface area contributed by atoms with Crippen LogP contribution in [0.25, 0.3) is 0 Å². The smallest absolute Gasteiger partial charge is 0.333 e. The molecule has 0 N–H and O–H groups in total. The highest BCUT2D eigenvalue weighted by Gasteiger charge is 2.60. The average Bonchev–Trinajstić information content (AvgIpc) is 2.90. The van der Waals surface area contributed by atoms with E-state index >= 15 is 0 Å². The van der Waals surface area contributed by atoms with Crippen LogP contribution in [-0.2, 0) is 19.1 Å². The van der Waals surface area contributed by atoms with E-state index in [-0.39, 0.29) is 29.9 Å². The number of cyclic esters (lactones) is 1. The van der Waals surface area contributed by atoms with Crippen LogP contribution >= 0.6 is 0 Å². The van der Waals surface area contributed by atoms with E-state index < -0.39 is 0 Å². The molecule has 17 heavy (non-hydrogen) atoms. The molecule has 4 unspecified atom stereocenters. The molecule has 2 saturated carbocycles. The molecule has 0 aromatic heterocycles. The Balaban J connectivity index is 1.71. The molecule has 4 nitrogen and oxygen atoms in total. The summed E-state index contributed by atoms with van der Waals surface area (Å²) in [5, 5.41) is 0. The third-order valence-corrected chi connectivity index (χ3v) is 4.40. The topological polar surface area (TPSA) is 52.6 Å². The second-order valence-corrected chi connectivity index (χ2v) is 5.44. The summed E-state index contributed by atoms with van der Waals surface area (Å²) < 4.78 is 10.5. The van der Waals surface area contributed by atoms with Crippen LogP contribution in [-0.4, -0.2) is 24.6 Å². The third kappa shape index (κ3) is 1.50. The number of carbonyl (C=O) groups is 2. The van der Waals surface area contributed by atoms with Crippen LogP contribution in [0.2, 0.25) is 0 Å². The first-order valence-electron chi connectivity index (χ1n) is 6.11. The van der Waals surface area contributed by atoms with Gasteiger partial charge in [0, 0.05) is 17.4 Å². The minimum absolute atomic E-state index is 0.0417. The molecule has 1 aliphatic heterocycles. The minimum Gasteiger partial charge on any atom is -0.465 e. The van der Waals surface area contributed by atoms with Crippen LogP contribution in [0, 0.1) is 23.7 Å². The second kappa shape index (κ2) is 3.59. The van der Waals surface area contributed by atoms with Crippen molar-refractivity contribution in [2.24, 2.45) is 23.7 Å². The van der Waals surface area contributed by atoms with E-state index in [1.807, 2.05) is 0 Å². The van der Waals surface area contributed by atoms with Crippen molar-refractivity contribution < 1.29 is 19.1 Å². The zero-order chi connectivity index (χ0) is 12.2. The molecule has 1 heterocycles. The largest absolute Gasteiger partial charge is 0.465 e. The standard InChI is InChI=1S/C13H16O4/c1-6(2)12(14)17-10-4-7-3-8(10)9-5-16-13(15)11(7)9/h7-11H,1,3-5H2,2H3/t7?,8-,9?,10?,11?/m0/s1. The molecule has 3 fully saturated rings. The number of rotatable bonds is 2. The highest BCUT2D eigenvalue weighted by atomic mass is 16.6. The van der Waals surface area contributed by atoms with Crippen molar-refractivity contribution in [2.45, 2.75) is 25.9 Å². The van der Waals surface area contributed by atoms with Gasteiger partial charge in [-0.15, -0.1) is 0 Å². The quantitative estimate of drug-likeness (QED) is 0.535. The molecule has 2 bridgehead atoms. The van der Waals surface area contributed by atoms with Crippen LogP contribution in [0.5, 0.6) is 0 Å². The van der Waals surface area contributed by atoms with E-state index in [1.54, 1.807) is 6.92 Å². The zero-order valence-electron chi connectivity index (χ0n) is 9.85. The maximum Gasteiger partial charge on any atom is 0.333 e. The molecule has 0 radical (unpaired) electrons. The molecule has 0 aromatic carbocycles. The number of esters is 2. The number of ether oxygens (including phenoxy) is 2. The number of fused-ring (bicyclic) bond motifs is 5. The van der Waals surface area contributed by atoms with Gasteiger partial charge in [0.15, 0.2) is 0 Å². The molecule has 0 amide bonds. The van der Waals surface area contributed by atoms with Crippen LogP contribution < -0.4 is 0 Å². The Labute approximate surface area is 100.0 Å². The van der Waals surface area contributed by atoms with Gasteiger partial charge in [-0.2, -0.15) is 0 Å². The minimum atomic E-state index is -0.315. The number of hydrogen-bond acceptors (Lipinski definition) is 4. The van der Waals surface area contributed by atoms with Crippen molar-refractivity contribution in [3.8, 4) is 0 Å². The summed E-state index contributed by atoms with van der Waals surface area (Å²) >= 11 is 0. The Hall–Kier alpha value is -1.32. The molecule has 3 aliphatic rings. The first-order valence-corrected chi connectivity index (χ1v) is 6.11. The first kappa shape index (κ1) is 10.8. The first-order chi connectivity index (χ1) is 8.08. The molecular weight excluding hydrogens is 220 g/mol. The van der Waals surface area contributed by atoms with Gasteiger partial charge in [-0.3, -0.25) is 4.79 Å².